The van der Waals surface area contributed by atoms with Crippen LogP contribution < -0.4 is 5.32 Å². The minimum Gasteiger partial charge on any atom is -0.387 e. The van der Waals surface area contributed by atoms with Crippen molar-refractivity contribution in [1.82, 2.24) is 5.32 Å². The molecule has 0 aliphatic carbocycles. The predicted molar refractivity (Wildman–Crippen MR) is 198 cm³/mol. The molecule has 3 unspecified atom stereocenters. The zero-order chi connectivity index (χ0) is 35.1. The summed E-state index contributed by atoms with van der Waals surface area (Å²) in [7, 11) is 1.56. The third-order valence-corrected chi connectivity index (χ3v) is 9.09. The van der Waals surface area contributed by atoms with Crippen LogP contribution in [0.3, 0.4) is 0 Å². The molecule has 0 saturated heterocycles. The standard InChI is InChI=1S/C38H73N2O6P/c1-6-8-10-12-14-15-16-17-18-19-20-21-22-23-24-26-28-30-32-38(42)39-36(37(41)31-29-27-25-13-11-9-7-2)35-46-47(43,44)45-34-33-40(3,4)5/h15-16,18-19,29,31,36-37,41H,6-14,17,20-28,30,32-35H2,1-5H3,(H-,39,42,43,44)/p+1/b16-15-,19-18-,31-29+. The number of allylic oxidation sites excluding steroid dienone is 5. The number of hydrogen-bond donors (Lipinski definition) is 3. The lowest BCUT2D eigenvalue weighted by molar-refractivity contribution is -0.870. The van der Waals surface area contributed by atoms with Gasteiger partial charge in [-0.3, -0.25) is 13.8 Å². The molecule has 0 aromatic heterocycles. The van der Waals surface area contributed by atoms with E-state index in [2.05, 4.69) is 43.5 Å². The number of unbranched alkanes of at least 4 members (excludes halogenated alkanes) is 16. The Kier molecular flexibility index (Phi) is 29.9. The number of nitrogens with zero attached hydrogens (tertiary/aromatic N) is 1. The number of aliphatic hydroxyl groups is 1. The highest BCUT2D eigenvalue weighted by Gasteiger charge is 2.27. The molecular weight excluding hydrogens is 611 g/mol. The Morgan fingerprint density at radius 1 is 0.723 bits per heavy atom. The summed E-state index contributed by atoms with van der Waals surface area (Å²) >= 11 is 0. The maximum absolute atomic E-state index is 12.7. The van der Waals surface area contributed by atoms with Crippen LogP contribution in [0, 0.1) is 0 Å². The number of likely N-dealkylation sites (N-methyl/N-ethyl adjacent to an activating group) is 1. The second-order valence-electron chi connectivity index (χ2n) is 13.9. The monoisotopic (exact) mass is 686 g/mol. The van der Waals surface area contributed by atoms with Gasteiger partial charge in [-0.05, 0) is 51.4 Å². The lowest BCUT2D eigenvalue weighted by atomic mass is 10.1. The summed E-state index contributed by atoms with van der Waals surface area (Å²) in [5.41, 5.74) is 0. The van der Waals surface area contributed by atoms with E-state index in [9.17, 15) is 19.4 Å². The lowest BCUT2D eigenvalue weighted by Crippen LogP contribution is -2.45. The van der Waals surface area contributed by atoms with Crippen LogP contribution in [0.5, 0.6) is 0 Å². The van der Waals surface area contributed by atoms with Gasteiger partial charge in [0.2, 0.25) is 5.91 Å². The second kappa shape index (κ2) is 30.8. The molecular formula is C38H74N2O6P+. The first-order chi connectivity index (χ1) is 22.5. The summed E-state index contributed by atoms with van der Waals surface area (Å²) in [6, 6.07) is -0.845. The summed E-state index contributed by atoms with van der Waals surface area (Å²) in [6.45, 7) is 4.70. The molecule has 8 nitrogen and oxygen atoms in total. The van der Waals surface area contributed by atoms with Crippen molar-refractivity contribution in [3.05, 3.63) is 36.5 Å². The molecule has 0 heterocycles. The Morgan fingerprint density at radius 3 is 1.77 bits per heavy atom. The maximum atomic E-state index is 12.7. The Morgan fingerprint density at radius 2 is 1.21 bits per heavy atom. The summed E-state index contributed by atoms with van der Waals surface area (Å²) in [6.07, 6.45) is 35.1. The molecule has 0 aliphatic heterocycles. The van der Waals surface area contributed by atoms with Crippen molar-refractivity contribution in [1.29, 1.82) is 0 Å². The number of rotatable bonds is 33. The number of amides is 1. The number of carbonyl (C=O) groups is 1. The fourth-order valence-corrected chi connectivity index (χ4v) is 5.75. The minimum atomic E-state index is -4.32. The molecule has 0 radical (unpaired) electrons. The topological polar surface area (TPSA) is 105 Å². The van der Waals surface area contributed by atoms with Crippen LogP contribution in [-0.2, 0) is 18.4 Å². The minimum absolute atomic E-state index is 0.0585. The molecule has 1 amide bonds. The molecule has 3 N–H and O–H groups in total. The number of quaternary nitrogens is 1. The van der Waals surface area contributed by atoms with Crippen LogP contribution in [0.1, 0.15) is 149 Å². The highest BCUT2D eigenvalue weighted by Crippen LogP contribution is 2.43. The summed E-state index contributed by atoms with van der Waals surface area (Å²) in [4.78, 5) is 22.9. The third kappa shape index (κ3) is 33.0. The second-order valence-corrected chi connectivity index (χ2v) is 15.4. The first-order valence-corrected chi connectivity index (χ1v) is 20.4. The van der Waals surface area contributed by atoms with Gasteiger partial charge >= 0.3 is 7.82 Å². The summed E-state index contributed by atoms with van der Waals surface area (Å²) in [5.74, 6) is -0.192. The fourth-order valence-electron chi connectivity index (χ4n) is 5.01. The Hall–Kier alpha value is -1.28. The van der Waals surface area contributed by atoms with E-state index in [1.165, 1.54) is 77.0 Å². The highest BCUT2D eigenvalue weighted by molar-refractivity contribution is 7.47. The SMILES string of the molecule is CCCCCC/C=C\C/C=C\CCCCCCCCCC(=O)NC(COP(=O)(O)OCC[N+](C)(C)C)C(O)/C=C/CCCCCCC. The van der Waals surface area contributed by atoms with Crippen LogP contribution in [0.4, 0.5) is 0 Å². The quantitative estimate of drug-likeness (QED) is 0.0275. The normalized spacial score (nSPS) is 15.1. The van der Waals surface area contributed by atoms with E-state index < -0.39 is 20.0 Å². The molecule has 0 aromatic rings. The molecule has 0 aromatic carbocycles. The molecule has 47 heavy (non-hydrogen) atoms. The Balaban J connectivity index is 4.38. The Labute approximate surface area is 289 Å². The number of hydrogen-bond acceptors (Lipinski definition) is 5. The molecule has 0 spiro atoms. The van der Waals surface area contributed by atoms with E-state index >= 15 is 0 Å². The lowest BCUT2D eigenvalue weighted by Gasteiger charge is -2.25. The van der Waals surface area contributed by atoms with E-state index in [1.807, 2.05) is 27.2 Å². The molecule has 0 aliphatic rings. The molecule has 0 rings (SSSR count). The highest BCUT2D eigenvalue weighted by atomic mass is 31.2. The predicted octanol–water partition coefficient (Wildman–Crippen LogP) is 9.57. The number of phosphoric ester groups is 1. The van der Waals surface area contributed by atoms with Gasteiger partial charge in [0, 0.05) is 6.42 Å². The van der Waals surface area contributed by atoms with Crippen LogP contribution >= 0.6 is 7.82 Å². The van der Waals surface area contributed by atoms with Gasteiger partial charge in [-0.25, -0.2) is 4.57 Å². The maximum Gasteiger partial charge on any atom is 0.472 e. The smallest absolute Gasteiger partial charge is 0.387 e. The molecule has 0 bridgehead atoms. The molecule has 0 saturated carbocycles. The van der Waals surface area contributed by atoms with Gasteiger partial charge in [0.15, 0.2) is 0 Å². The fraction of sp³-hybridized carbons (Fsp3) is 0.816. The van der Waals surface area contributed by atoms with Crippen molar-refractivity contribution in [2.24, 2.45) is 0 Å². The molecule has 9 heteroatoms. The van der Waals surface area contributed by atoms with E-state index in [0.29, 0.717) is 17.4 Å². The van der Waals surface area contributed by atoms with Crippen LogP contribution in [0.2, 0.25) is 0 Å². The number of nitrogens with one attached hydrogen (secondary N) is 1. The van der Waals surface area contributed by atoms with Gasteiger partial charge < -0.3 is 19.8 Å². The van der Waals surface area contributed by atoms with E-state index in [-0.39, 0.29) is 19.1 Å². The van der Waals surface area contributed by atoms with Crippen molar-refractivity contribution in [3.63, 3.8) is 0 Å². The van der Waals surface area contributed by atoms with Crippen molar-refractivity contribution < 1.29 is 32.9 Å². The van der Waals surface area contributed by atoms with Gasteiger partial charge in [-0.2, -0.15) is 0 Å². The van der Waals surface area contributed by atoms with Crippen molar-refractivity contribution in [3.8, 4) is 0 Å². The van der Waals surface area contributed by atoms with Crippen LogP contribution in [0.15, 0.2) is 36.5 Å². The largest absolute Gasteiger partial charge is 0.472 e. The van der Waals surface area contributed by atoms with Crippen LogP contribution in [0.25, 0.3) is 0 Å². The third-order valence-electron chi connectivity index (χ3n) is 8.10. The summed E-state index contributed by atoms with van der Waals surface area (Å²) < 4.78 is 23.3. The van der Waals surface area contributed by atoms with Crippen molar-refractivity contribution in [2.75, 3.05) is 40.9 Å². The zero-order valence-electron chi connectivity index (χ0n) is 31.0. The Bertz CT molecular complexity index is 871. The summed E-state index contributed by atoms with van der Waals surface area (Å²) in [5, 5.41) is 13.6. The number of phosphoric acid groups is 1. The first kappa shape index (κ1) is 45.7. The van der Waals surface area contributed by atoms with E-state index in [0.717, 1.165) is 51.4 Å². The average Bonchev–Trinajstić information content (AvgIpc) is 3.01. The zero-order valence-corrected chi connectivity index (χ0v) is 31.9. The van der Waals surface area contributed by atoms with Gasteiger partial charge in [0.1, 0.15) is 13.2 Å². The van der Waals surface area contributed by atoms with Crippen LogP contribution in [-0.4, -0.2) is 73.4 Å². The van der Waals surface area contributed by atoms with Gasteiger partial charge in [0.05, 0.1) is 39.9 Å². The molecule has 3 atom stereocenters. The van der Waals surface area contributed by atoms with Crippen molar-refractivity contribution >= 4 is 13.7 Å². The van der Waals surface area contributed by atoms with Gasteiger partial charge in [-0.1, -0.05) is 127 Å². The van der Waals surface area contributed by atoms with Gasteiger partial charge in [-0.15, -0.1) is 0 Å². The number of carbonyl (C=O) groups excluding carboxylic acids is 1. The van der Waals surface area contributed by atoms with Crippen molar-refractivity contribution in [2.45, 2.75) is 161 Å². The van der Waals surface area contributed by atoms with E-state index in [4.69, 9.17) is 9.05 Å². The first-order valence-electron chi connectivity index (χ1n) is 18.9. The molecule has 276 valence electrons. The number of aliphatic hydroxyl groups excluding tert-OH is 1. The van der Waals surface area contributed by atoms with Gasteiger partial charge in [0.25, 0.3) is 0 Å². The average molecular weight is 686 g/mol. The van der Waals surface area contributed by atoms with E-state index in [1.54, 1.807) is 6.08 Å². The molecule has 0 fully saturated rings.